The number of carbonyl (C=O) groups is 1. The highest BCUT2D eigenvalue weighted by Gasteiger charge is 2.34. The minimum atomic E-state index is -3.61. The summed E-state index contributed by atoms with van der Waals surface area (Å²) in [5.41, 5.74) is 9.43. The molecule has 38 heavy (non-hydrogen) atoms. The number of nitrogen functional groups attached to an aromatic ring is 1. The summed E-state index contributed by atoms with van der Waals surface area (Å²) in [4.78, 5) is 17.5. The van der Waals surface area contributed by atoms with Crippen molar-refractivity contribution < 1.29 is 22.7 Å². The molecule has 1 saturated carbocycles. The van der Waals surface area contributed by atoms with Gasteiger partial charge in [-0.1, -0.05) is 15.9 Å². The van der Waals surface area contributed by atoms with Crippen LogP contribution in [0.25, 0.3) is 0 Å². The fourth-order valence-corrected chi connectivity index (χ4v) is 5.64. The molecule has 0 spiro atoms. The zero-order valence-corrected chi connectivity index (χ0v) is 24.6. The number of nitrogens with two attached hydrogens (primary N) is 1. The predicted molar refractivity (Wildman–Crippen MR) is 154 cm³/mol. The van der Waals surface area contributed by atoms with Gasteiger partial charge in [0.15, 0.2) is 5.79 Å². The van der Waals surface area contributed by atoms with E-state index in [9.17, 15) is 13.2 Å². The molecule has 1 aliphatic heterocycles. The highest BCUT2D eigenvalue weighted by atomic mass is 79.9. The number of likely N-dealkylation sites (N-methyl/N-ethyl adjacent to an activating group) is 1. The van der Waals surface area contributed by atoms with E-state index < -0.39 is 15.8 Å². The molecule has 0 radical (unpaired) electrons. The molecule has 1 saturated heterocycles. The average molecular weight is 608 g/mol. The van der Waals surface area contributed by atoms with Gasteiger partial charge in [0.1, 0.15) is 5.71 Å². The maximum atomic E-state index is 13.0. The molecular weight excluding hydrogens is 572 g/mol. The Balaban J connectivity index is 1.71. The summed E-state index contributed by atoms with van der Waals surface area (Å²) in [6.07, 6.45) is 3.65. The lowest BCUT2D eigenvalue weighted by atomic mass is 9.98. The molecule has 4 rings (SSSR count). The van der Waals surface area contributed by atoms with Crippen LogP contribution in [-0.4, -0.2) is 58.9 Å². The zero-order chi connectivity index (χ0) is 27.7. The van der Waals surface area contributed by atoms with E-state index in [0.717, 1.165) is 22.9 Å². The van der Waals surface area contributed by atoms with Crippen molar-refractivity contribution in [3.05, 3.63) is 52.0 Å². The van der Waals surface area contributed by atoms with Crippen molar-refractivity contribution in [3.8, 4) is 0 Å². The van der Waals surface area contributed by atoms with E-state index in [4.69, 9.17) is 15.2 Å². The smallest absolute Gasteiger partial charge is 0.270 e. The van der Waals surface area contributed by atoms with Crippen molar-refractivity contribution >= 4 is 54.6 Å². The van der Waals surface area contributed by atoms with Gasteiger partial charge < -0.3 is 20.5 Å². The third-order valence-corrected chi connectivity index (χ3v) is 8.43. The maximum absolute atomic E-state index is 13.0. The Kier molecular flexibility index (Phi) is 8.51. The Morgan fingerprint density at radius 3 is 2.37 bits per heavy atom. The summed E-state index contributed by atoms with van der Waals surface area (Å²) in [5.74, 6) is -0.744. The highest BCUT2D eigenvalue weighted by Crippen LogP contribution is 2.46. The number of hydrogen-bond donors (Lipinski definition) is 2. The summed E-state index contributed by atoms with van der Waals surface area (Å²) in [6.45, 7) is 5.01. The molecule has 2 aromatic rings. The molecule has 0 unspecified atom stereocenters. The van der Waals surface area contributed by atoms with E-state index >= 15 is 0 Å². The topological polar surface area (TPSA) is 123 Å². The van der Waals surface area contributed by atoms with Gasteiger partial charge in [-0.2, -0.15) is 0 Å². The Morgan fingerprint density at radius 2 is 1.82 bits per heavy atom. The number of nitrogens with one attached hydrogen (secondary N) is 1. The number of ether oxygens (including phenoxy) is 2. The largest absolute Gasteiger partial charge is 0.398 e. The highest BCUT2D eigenvalue weighted by molar-refractivity contribution is 9.10. The van der Waals surface area contributed by atoms with E-state index in [1.807, 2.05) is 32.0 Å². The lowest BCUT2D eigenvalue weighted by Gasteiger charge is -2.36. The number of rotatable bonds is 9. The summed E-state index contributed by atoms with van der Waals surface area (Å²) in [7, 11) is -2.07. The molecule has 3 N–H and O–H groups in total. The van der Waals surface area contributed by atoms with Gasteiger partial charge in [-0.05, 0) is 81.0 Å². The number of aliphatic imine (C=N–C) groups is 1. The predicted octanol–water partition coefficient (Wildman–Crippen LogP) is 4.33. The minimum absolute atomic E-state index is 0.0752. The lowest BCUT2D eigenvalue weighted by molar-refractivity contribution is -0.262. The van der Waals surface area contributed by atoms with Gasteiger partial charge >= 0.3 is 0 Å². The first-order valence-corrected chi connectivity index (χ1v) is 15.3. The van der Waals surface area contributed by atoms with Crippen LogP contribution < -0.4 is 15.4 Å². The van der Waals surface area contributed by atoms with Crippen LogP contribution in [0, 0.1) is 5.92 Å². The van der Waals surface area contributed by atoms with E-state index in [-0.39, 0.29) is 35.7 Å². The molecule has 0 bridgehead atoms. The van der Waals surface area contributed by atoms with Crippen LogP contribution >= 0.6 is 15.9 Å². The SMILES string of the molecule is CNC(=O)C(=Nc1ccc(Br)cc1)c1cc(C2CC2)c(N(CCC2COC(C)(C)OC2)S(C)(=O)=O)cc1N. The number of halogens is 1. The Hall–Kier alpha value is -2.47. The second-order valence-electron chi connectivity index (χ2n) is 10.3. The van der Waals surface area contributed by atoms with Gasteiger partial charge in [0.25, 0.3) is 5.91 Å². The van der Waals surface area contributed by atoms with Crippen LogP contribution in [0.15, 0.2) is 45.9 Å². The number of carbonyl (C=O) groups excluding carboxylic acids is 1. The second kappa shape index (κ2) is 11.3. The van der Waals surface area contributed by atoms with Crippen molar-refractivity contribution in [2.45, 2.75) is 44.8 Å². The molecule has 0 atom stereocenters. The van der Waals surface area contributed by atoms with Gasteiger partial charge in [-0.15, -0.1) is 0 Å². The monoisotopic (exact) mass is 606 g/mol. The quantitative estimate of drug-likeness (QED) is 0.323. The van der Waals surface area contributed by atoms with Crippen molar-refractivity contribution in [2.75, 3.05) is 43.1 Å². The number of hydrogen-bond acceptors (Lipinski definition) is 7. The van der Waals surface area contributed by atoms with E-state index in [1.165, 1.54) is 17.6 Å². The molecule has 9 nitrogen and oxygen atoms in total. The second-order valence-corrected chi connectivity index (χ2v) is 13.1. The Labute approximate surface area is 233 Å². The molecule has 2 aromatic carbocycles. The summed E-state index contributed by atoms with van der Waals surface area (Å²) in [6, 6.07) is 10.8. The van der Waals surface area contributed by atoms with Gasteiger partial charge in [0, 0.05) is 35.2 Å². The standard InChI is InChI=1S/C27H35BrN4O5S/c1-27(2)36-15-17(16-37-27)11-12-32(38(4,34)35)24-14-23(29)22(13-21(24)18-5-6-18)25(26(33)30-3)31-20-9-7-19(28)8-10-20/h7-10,13-14,17-18H,5-6,11-12,15-16,29H2,1-4H3,(H,30,33). The van der Waals surface area contributed by atoms with Crippen molar-refractivity contribution in [1.29, 1.82) is 0 Å². The third kappa shape index (κ3) is 6.93. The van der Waals surface area contributed by atoms with Gasteiger partial charge in [-0.25, -0.2) is 13.4 Å². The Bertz CT molecular complexity index is 1310. The van der Waals surface area contributed by atoms with Crippen LogP contribution in [0.4, 0.5) is 17.1 Å². The first kappa shape index (κ1) is 28.5. The summed E-state index contributed by atoms with van der Waals surface area (Å²) >= 11 is 3.41. The van der Waals surface area contributed by atoms with E-state index in [0.29, 0.717) is 36.6 Å². The molecule has 1 amide bonds. The van der Waals surface area contributed by atoms with Crippen LogP contribution in [0.5, 0.6) is 0 Å². The summed E-state index contributed by atoms with van der Waals surface area (Å²) < 4.78 is 39.8. The average Bonchev–Trinajstić information content (AvgIpc) is 3.69. The maximum Gasteiger partial charge on any atom is 0.270 e. The third-order valence-electron chi connectivity index (χ3n) is 6.72. The first-order valence-electron chi connectivity index (χ1n) is 12.6. The molecule has 1 heterocycles. The molecule has 11 heteroatoms. The molecule has 2 aliphatic rings. The number of nitrogens with zero attached hydrogens (tertiary/aromatic N) is 2. The van der Waals surface area contributed by atoms with Gasteiger partial charge in [0.2, 0.25) is 10.0 Å². The number of benzene rings is 2. The number of anilines is 2. The van der Waals surface area contributed by atoms with Crippen molar-refractivity contribution in [1.82, 2.24) is 5.32 Å². The Morgan fingerprint density at radius 1 is 1.18 bits per heavy atom. The van der Waals surface area contributed by atoms with Gasteiger partial charge in [0.05, 0.1) is 30.8 Å². The minimum Gasteiger partial charge on any atom is -0.398 e. The van der Waals surface area contributed by atoms with E-state index in [2.05, 4.69) is 26.2 Å². The lowest BCUT2D eigenvalue weighted by Crippen LogP contribution is -2.41. The van der Waals surface area contributed by atoms with Gasteiger partial charge in [-0.3, -0.25) is 9.10 Å². The molecule has 206 valence electrons. The molecular formula is C27H35BrN4O5S. The molecule has 2 fully saturated rings. The normalized spacial score (nSPS) is 18.3. The first-order chi connectivity index (χ1) is 17.9. The summed E-state index contributed by atoms with van der Waals surface area (Å²) in [5, 5.41) is 2.65. The fraction of sp³-hybridized carbons (Fsp3) is 0.481. The fourth-order valence-electron chi connectivity index (χ4n) is 4.42. The van der Waals surface area contributed by atoms with Crippen LogP contribution in [0.2, 0.25) is 0 Å². The van der Waals surface area contributed by atoms with Crippen LogP contribution in [0.3, 0.4) is 0 Å². The molecule has 1 aliphatic carbocycles. The zero-order valence-electron chi connectivity index (χ0n) is 22.2. The number of sulfonamides is 1. The van der Waals surface area contributed by atoms with Crippen molar-refractivity contribution in [2.24, 2.45) is 10.9 Å². The van der Waals surface area contributed by atoms with Crippen molar-refractivity contribution in [3.63, 3.8) is 0 Å². The van der Waals surface area contributed by atoms with Crippen LogP contribution in [-0.2, 0) is 24.3 Å². The van der Waals surface area contributed by atoms with Crippen LogP contribution in [0.1, 0.15) is 50.2 Å². The number of amides is 1. The molecule has 0 aromatic heterocycles. The van der Waals surface area contributed by atoms with E-state index in [1.54, 1.807) is 18.2 Å².